The summed E-state index contributed by atoms with van der Waals surface area (Å²) in [7, 11) is 0. The molecule has 0 aliphatic rings. The molecule has 0 bridgehead atoms. The molecule has 0 spiro atoms. The van der Waals surface area contributed by atoms with Crippen LogP contribution in [-0.4, -0.2) is 11.1 Å². The fraction of sp³-hybridized carbons (Fsp3) is 0.0500. The number of aromatic carboxylic acids is 1. The summed E-state index contributed by atoms with van der Waals surface area (Å²) in [5.74, 6) is -1.07. The first-order chi connectivity index (χ1) is 11.3. The third-order valence-electron chi connectivity index (χ3n) is 3.57. The zero-order valence-corrected chi connectivity index (χ0v) is 12.5. The number of carboxylic acid groups (broad SMARTS) is 1. The zero-order chi connectivity index (χ0) is 16.1. The summed E-state index contributed by atoms with van der Waals surface area (Å²) in [5.41, 5.74) is 3.47. The predicted octanol–water partition coefficient (Wildman–Crippen LogP) is 4.90. The van der Waals surface area contributed by atoms with E-state index in [1.54, 1.807) is 0 Å². The van der Waals surface area contributed by atoms with E-state index in [0.29, 0.717) is 12.0 Å². The normalized spacial score (nSPS) is 11.0. The Labute approximate surface area is 134 Å². The molecule has 3 nitrogen and oxygen atoms in total. The van der Waals surface area contributed by atoms with Crippen molar-refractivity contribution in [3.8, 4) is 11.1 Å². The van der Waals surface area contributed by atoms with E-state index in [2.05, 4.69) is 0 Å². The summed E-state index contributed by atoms with van der Waals surface area (Å²) >= 11 is 0. The van der Waals surface area contributed by atoms with Gasteiger partial charge in [-0.3, -0.25) is 0 Å². The highest BCUT2D eigenvalue weighted by Gasteiger charge is 2.20. The van der Waals surface area contributed by atoms with Crippen LogP contribution in [0, 0.1) is 0 Å². The van der Waals surface area contributed by atoms with Crippen molar-refractivity contribution in [3.05, 3.63) is 89.9 Å². The van der Waals surface area contributed by atoms with Crippen molar-refractivity contribution in [3.63, 3.8) is 0 Å². The second kappa shape index (κ2) is 6.79. The zero-order valence-electron chi connectivity index (χ0n) is 12.5. The van der Waals surface area contributed by atoms with E-state index in [0.717, 1.165) is 16.7 Å². The van der Waals surface area contributed by atoms with Gasteiger partial charge < -0.3 is 9.52 Å². The van der Waals surface area contributed by atoms with Crippen LogP contribution in [-0.2, 0) is 6.42 Å². The Morgan fingerprint density at radius 3 is 2.30 bits per heavy atom. The highest BCUT2D eigenvalue weighted by atomic mass is 16.4. The van der Waals surface area contributed by atoms with E-state index in [-0.39, 0.29) is 5.76 Å². The lowest BCUT2D eigenvalue weighted by molar-refractivity contribution is 0.0663. The lowest BCUT2D eigenvalue weighted by atomic mass is 9.99. The molecule has 0 saturated heterocycles. The van der Waals surface area contributed by atoms with Crippen molar-refractivity contribution < 1.29 is 14.3 Å². The maximum Gasteiger partial charge on any atom is 0.372 e. The van der Waals surface area contributed by atoms with E-state index in [4.69, 9.17) is 4.42 Å². The van der Waals surface area contributed by atoms with Crippen molar-refractivity contribution in [2.45, 2.75) is 6.42 Å². The average molecular weight is 304 g/mol. The van der Waals surface area contributed by atoms with E-state index >= 15 is 0 Å². The quantitative estimate of drug-likeness (QED) is 0.729. The van der Waals surface area contributed by atoms with Gasteiger partial charge in [-0.1, -0.05) is 72.8 Å². The van der Waals surface area contributed by atoms with Crippen LogP contribution in [0.5, 0.6) is 0 Å². The summed E-state index contributed by atoms with van der Waals surface area (Å²) in [6, 6.07) is 19.4. The molecular formula is C20H16O3. The molecule has 3 aromatic rings. The van der Waals surface area contributed by atoms with Crippen molar-refractivity contribution in [2.75, 3.05) is 0 Å². The summed E-state index contributed by atoms with van der Waals surface area (Å²) in [6.07, 6.45) is 6.16. The van der Waals surface area contributed by atoms with Gasteiger partial charge >= 0.3 is 5.97 Å². The molecule has 0 aliphatic carbocycles. The largest absolute Gasteiger partial charge is 0.475 e. The van der Waals surface area contributed by atoms with E-state index < -0.39 is 5.97 Å². The first kappa shape index (κ1) is 14.9. The van der Waals surface area contributed by atoms with Crippen LogP contribution in [0.1, 0.15) is 21.7 Å². The second-order valence-corrected chi connectivity index (χ2v) is 5.15. The third kappa shape index (κ3) is 3.40. The molecule has 2 aromatic carbocycles. The number of carbonyl (C=O) groups is 1. The molecule has 0 saturated carbocycles. The molecule has 3 heteroatoms. The maximum absolute atomic E-state index is 11.4. The standard InChI is InChI=1S/C20H16O3/c21-20(22)19-18(16-11-5-2-6-12-16)17(14-23-19)13-7-10-15-8-3-1-4-9-15/h1-12,14H,13H2,(H,21,22). The summed E-state index contributed by atoms with van der Waals surface area (Å²) < 4.78 is 5.28. The molecule has 0 fully saturated rings. The molecule has 3 rings (SSSR count). The van der Waals surface area contributed by atoms with Crippen LogP contribution >= 0.6 is 0 Å². The fourth-order valence-electron chi connectivity index (χ4n) is 2.51. The Hall–Kier alpha value is -3.07. The minimum Gasteiger partial charge on any atom is -0.475 e. The Bertz CT molecular complexity index is 815. The first-order valence-electron chi connectivity index (χ1n) is 7.36. The van der Waals surface area contributed by atoms with Crippen LogP contribution in [0.2, 0.25) is 0 Å². The van der Waals surface area contributed by atoms with Crippen LogP contribution in [0.4, 0.5) is 0 Å². The molecule has 0 unspecified atom stereocenters. The molecule has 1 N–H and O–H groups in total. The Kier molecular flexibility index (Phi) is 4.39. The van der Waals surface area contributed by atoms with Crippen molar-refractivity contribution in [1.82, 2.24) is 0 Å². The van der Waals surface area contributed by atoms with Gasteiger partial charge in [-0.2, -0.15) is 0 Å². The number of hydrogen-bond donors (Lipinski definition) is 1. The van der Waals surface area contributed by atoms with Gasteiger partial charge in [0.2, 0.25) is 5.76 Å². The van der Waals surface area contributed by atoms with Gasteiger partial charge in [0.05, 0.1) is 6.26 Å². The molecule has 114 valence electrons. The van der Waals surface area contributed by atoms with Gasteiger partial charge in [-0.25, -0.2) is 4.79 Å². The third-order valence-corrected chi connectivity index (χ3v) is 3.57. The van der Waals surface area contributed by atoms with Crippen LogP contribution in [0.25, 0.3) is 17.2 Å². The van der Waals surface area contributed by atoms with Crippen molar-refractivity contribution in [2.24, 2.45) is 0 Å². The van der Waals surface area contributed by atoms with Gasteiger partial charge in [0.15, 0.2) is 0 Å². The lowest BCUT2D eigenvalue weighted by Gasteiger charge is -2.02. The molecule has 0 aliphatic heterocycles. The highest BCUT2D eigenvalue weighted by Crippen LogP contribution is 2.30. The smallest absolute Gasteiger partial charge is 0.372 e. The van der Waals surface area contributed by atoms with Gasteiger partial charge in [0.1, 0.15) is 0 Å². The van der Waals surface area contributed by atoms with Crippen LogP contribution in [0.3, 0.4) is 0 Å². The topological polar surface area (TPSA) is 50.4 Å². The number of furan rings is 1. The number of allylic oxidation sites excluding steroid dienone is 1. The van der Waals surface area contributed by atoms with Crippen LogP contribution in [0.15, 0.2) is 77.4 Å². The minimum atomic E-state index is -1.05. The van der Waals surface area contributed by atoms with E-state index in [1.807, 2.05) is 72.8 Å². The Balaban J connectivity index is 1.91. The maximum atomic E-state index is 11.4. The number of rotatable bonds is 5. The minimum absolute atomic E-state index is 0.0145. The van der Waals surface area contributed by atoms with Gasteiger partial charge in [0, 0.05) is 11.1 Å². The predicted molar refractivity (Wildman–Crippen MR) is 90.3 cm³/mol. The van der Waals surface area contributed by atoms with Gasteiger partial charge in [-0.05, 0) is 17.5 Å². The molecule has 0 radical (unpaired) electrons. The average Bonchev–Trinajstić information content (AvgIpc) is 3.01. The lowest BCUT2D eigenvalue weighted by Crippen LogP contribution is -1.97. The SMILES string of the molecule is O=C(O)c1occ(CC=Cc2ccccc2)c1-c1ccccc1. The number of carboxylic acids is 1. The Morgan fingerprint density at radius 1 is 1.00 bits per heavy atom. The van der Waals surface area contributed by atoms with Gasteiger partial charge in [0.25, 0.3) is 0 Å². The number of hydrogen-bond acceptors (Lipinski definition) is 2. The van der Waals surface area contributed by atoms with E-state index in [9.17, 15) is 9.90 Å². The monoisotopic (exact) mass is 304 g/mol. The molecule has 23 heavy (non-hydrogen) atoms. The Morgan fingerprint density at radius 2 is 1.65 bits per heavy atom. The fourth-order valence-corrected chi connectivity index (χ4v) is 2.51. The van der Waals surface area contributed by atoms with E-state index in [1.165, 1.54) is 6.26 Å². The summed E-state index contributed by atoms with van der Waals surface area (Å²) in [6.45, 7) is 0. The highest BCUT2D eigenvalue weighted by molar-refractivity contribution is 5.94. The molecule has 0 atom stereocenters. The van der Waals surface area contributed by atoms with Crippen molar-refractivity contribution >= 4 is 12.0 Å². The second-order valence-electron chi connectivity index (χ2n) is 5.15. The summed E-state index contributed by atoms with van der Waals surface area (Å²) in [5, 5.41) is 9.33. The first-order valence-corrected chi connectivity index (χ1v) is 7.36. The van der Waals surface area contributed by atoms with Crippen LogP contribution < -0.4 is 0 Å². The molecule has 0 amide bonds. The molecular weight excluding hydrogens is 288 g/mol. The summed E-state index contributed by atoms with van der Waals surface area (Å²) in [4.78, 5) is 11.4. The van der Waals surface area contributed by atoms with Crippen molar-refractivity contribution in [1.29, 1.82) is 0 Å². The number of benzene rings is 2. The molecule has 1 aromatic heterocycles. The van der Waals surface area contributed by atoms with Gasteiger partial charge in [-0.15, -0.1) is 0 Å². The molecule has 1 heterocycles.